The van der Waals surface area contributed by atoms with E-state index < -0.39 is 0 Å². The highest BCUT2D eigenvalue weighted by molar-refractivity contribution is 6.30. The molecule has 0 aliphatic carbocycles. The second-order valence-corrected chi connectivity index (χ2v) is 7.67. The number of rotatable bonds is 6. The SMILES string of the molecule is CCOc1ccccc1Nc1ncnc2c1c(-c1ccccc1)cn2-c1ccc(Cl)cc1. The van der Waals surface area contributed by atoms with E-state index in [-0.39, 0.29) is 0 Å². The monoisotopic (exact) mass is 440 g/mol. The molecule has 0 saturated carbocycles. The standard InChI is InChI=1S/C26H21ClN4O/c1-2-32-23-11-7-6-10-22(23)30-25-24-21(18-8-4-3-5-9-18)16-31(26(24)29-17-28-25)20-14-12-19(27)13-15-20/h3-17H,2H2,1H3,(H,28,29,30). The van der Waals surface area contributed by atoms with Crippen molar-refractivity contribution in [3.8, 4) is 22.6 Å². The molecule has 0 atom stereocenters. The van der Waals surface area contributed by atoms with Crippen molar-refractivity contribution in [3.63, 3.8) is 0 Å². The highest BCUT2D eigenvalue weighted by Crippen LogP contribution is 2.37. The first-order valence-electron chi connectivity index (χ1n) is 10.4. The zero-order valence-corrected chi connectivity index (χ0v) is 18.3. The maximum Gasteiger partial charge on any atom is 0.150 e. The molecule has 6 heteroatoms. The van der Waals surface area contributed by atoms with Gasteiger partial charge in [-0.15, -0.1) is 0 Å². The summed E-state index contributed by atoms with van der Waals surface area (Å²) in [6, 6.07) is 25.8. The number of anilines is 2. The number of fused-ring (bicyclic) bond motifs is 1. The van der Waals surface area contributed by atoms with Gasteiger partial charge >= 0.3 is 0 Å². The quantitative estimate of drug-likeness (QED) is 0.312. The van der Waals surface area contributed by atoms with Gasteiger partial charge in [0.25, 0.3) is 0 Å². The maximum absolute atomic E-state index is 6.12. The summed E-state index contributed by atoms with van der Waals surface area (Å²) in [5, 5.41) is 5.10. The zero-order valence-electron chi connectivity index (χ0n) is 17.5. The van der Waals surface area contributed by atoms with Gasteiger partial charge in [0.2, 0.25) is 0 Å². The molecule has 2 aromatic heterocycles. The molecule has 0 spiro atoms. The third-order valence-electron chi connectivity index (χ3n) is 5.21. The van der Waals surface area contributed by atoms with Crippen molar-refractivity contribution < 1.29 is 4.74 Å². The Morgan fingerprint density at radius 3 is 2.44 bits per heavy atom. The molecule has 5 nitrogen and oxygen atoms in total. The fourth-order valence-electron chi connectivity index (χ4n) is 3.77. The molecule has 5 rings (SSSR count). The Morgan fingerprint density at radius 1 is 0.906 bits per heavy atom. The van der Waals surface area contributed by atoms with Crippen LogP contribution < -0.4 is 10.1 Å². The molecule has 1 N–H and O–H groups in total. The average Bonchev–Trinajstić information content (AvgIpc) is 3.22. The van der Waals surface area contributed by atoms with Crippen molar-refractivity contribution in [3.05, 3.63) is 96.4 Å². The summed E-state index contributed by atoms with van der Waals surface area (Å²) < 4.78 is 7.86. The summed E-state index contributed by atoms with van der Waals surface area (Å²) in [6.45, 7) is 2.56. The molecule has 32 heavy (non-hydrogen) atoms. The topological polar surface area (TPSA) is 52.0 Å². The number of nitrogens with zero attached hydrogens (tertiary/aromatic N) is 3. The third kappa shape index (κ3) is 3.79. The molecule has 0 radical (unpaired) electrons. The second-order valence-electron chi connectivity index (χ2n) is 7.23. The Labute approximate surface area is 191 Å². The number of para-hydroxylation sites is 2. The zero-order chi connectivity index (χ0) is 21.9. The molecular formula is C26H21ClN4O. The van der Waals surface area contributed by atoms with Gasteiger partial charge in [0.05, 0.1) is 17.7 Å². The summed E-state index contributed by atoms with van der Waals surface area (Å²) >= 11 is 6.12. The minimum absolute atomic E-state index is 0.583. The Balaban J connectivity index is 1.72. The number of halogens is 1. The summed E-state index contributed by atoms with van der Waals surface area (Å²) in [5.41, 5.74) is 4.75. The maximum atomic E-state index is 6.12. The molecule has 0 fully saturated rings. The number of ether oxygens (including phenoxy) is 1. The average molecular weight is 441 g/mol. The van der Waals surface area contributed by atoms with Crippen LogP contribution in [0.1, 0.15) is 6.92 Å². The molecule has 0 amide bonds. The highest BCUT2D eigenvalue weighted by atomic mass is 35.5. The lowest BCUT2D eigenvalue weighted by Gasteiger charge is -2.13. The van der Waals surface area contributed by atoms with Crippen molar-refractivity contribution in [1.29, 1.82) is 0 Å². The van der Waals surface area contributed by atoms with Gasteiger partial charge in [-0.25, -0.2) is 9.97 Å². The van der Waals surface area contributed by atoms with Crippen LogP contribution in [0.25, 0.3) is 27.8 Å². The van der Waals surface area contributed by atoms with Gasteiger partial charge in [-0.2, -0.15) is 0 Å². The molecule has 3 aromatic carbocycles. The van der Waals surface area contributed by atoms with Crippen LogP contribution in [0.15, 0.2) is 91.4 Å². The lowest BCUT2D eigenvalue weighted by molar-refractivity contribution is 0.342. The smallest absolute Gasteiger partial charge is 0.150 e. The molecule has 5 aromatic rings. The van der Waals surface area contributed by atoms with Gasteiger partial charge in [-0.05, 0) is 48.9 Å². The second kappa shape index (κ2) is 8.73. The van der Waals surface area contributed by atoms with Gasteiger partial charge in [0.1, 0.15) is 17.9 Å². The van der Waals surface area contributed by atoms with Crippen LogP contribution in [0.3, 0.4) is 0 Å². The van der Waals surface area contributed by atoms with Crippen LogP contribution >= 0.6 is 11.6 Å². The first kappa shape index (κ1) is 20.1. The highest BCUT2D eigenvalue weighted by Gasteiger charge is 2.18. The number of hydrogen-bond acceptors (Lipinski definition) is 4. The first-order valence-corrected chi connectivity index (χ1v) is 10.8. The first-order chi connectivity index (χ1) is 15.7. The summed E-state index contributed by atoms with van der Waals surface area (Å²) in [6.07, 6.45) is 3.67. The van der Waals surface area contributed by atoms with Gasteiger partial charge in [0.15, 0.2) is 5.65 Å². The third-order valence-corrected chi connectivity index (χ3v) is 5.46. The Bertz CT molecular complexity index is 1360. The minimum atomic E-state index is 0.583. The number of hydrogen-bond donors (Lipinski definition) is 1. The van der Waals surface area contributed by atoms with Crippen LogP contribution in [0.4, 0.5) is 11.5 Å². The summed E-state index contributed by atoms with van der Waals surface area (Å²) in [7, 11) is 0. The molecule has 0 bridgehead atoms. The van der Waals surface area contributed by atoms with Crippen LogP contribution in [-0.4, -0.2) is 21.1 Å². The van der Waals surface area contributed by atoms with Gasteiger partial charge in [-0.3, -0.25) is 0 Å². The molecule has 0 aliphatic rings. The summed E-state index contributed by atoms with van der Waals surface area (Å²) in [5.74, 6) is 1.49. The van der Waals surface area contributed by atoms with Crippen molar-refractivity contribution >= 4 is 34.1 Å². The van der Waals surface area contributed by atoms with Crippen LogP contribution in [-0.2, 0) is 0 Å². The van der Waals surface area contributed by atoms with E-state index in [0.29, 0.717) is 17.4 Å². The Hall–Kier alpha value is -3.83. The predicted octanol–water partition coefficient (Wildman–Crippen LogP) is 6.88. The predicted molar refractivity (Wildman–Crippen MR) is 130 cm³/mol. The van der Waals surface area contributed by atoms with Crippen LogP contribution in [0.2, 0.25) is 5.02 Å². The van der Waals surface area contributed by atoms with E-state index >= 15 is 0 Å². The molecule has 0 aliphatic heterocycles. The number of benzene rings is 3. The van der Waals surface area contributed by atoms with Crippen molar-refractivity contribution in [2.45, 2.75) is 6.92 Å². The van der Waals surface area contributed by atoms with Gasteiger partial charge < -0.3 is 14.6 Å². The molecule has 0 saturated heterocycles. The van der Waals surface area contributed by atoms with Crippen molar-refractivity contribution in [2.75, 3.05) is 11.9 Å². The van der Waals surface area contributed by atoms with Crippen LogP contribution in [0, 0.1) is 0 Å². The largest absolute Gasteiger partial charge is 0.492 e. The minimum Gasteiger partial charge on any atom is -0.492 e. The Morgan fingerprint density at radius 2 is 1.66 bits per heavy atom. The van der Waals surface area contributed by atoms with Crippen molar-refractivity contribution in [1.82, 2.24) is 14.5 Å². The van der Waals surface area contributed by atoms with Crippen LogP contribution in [0.5, 0.6) is 5.75 Å². The number of aromatic nitrogens is 3. The van der Waals surface area contributed by atoms with E-state index in [1.807, 2.05) is 73.7 Å². The van der Waals surface area contributed by atoms with E-state index in [1.54, 1.807) is 6.33 Å². The van der Waals surface area contributed by atoms with E-state index in [9.17, 15) is 0 Å². The van der Waals surface area contributed by atoms with E-state index in [1.165, 1.54) is 0 Å². The molecular weight excluding hydrogens is 420 g/mol. The molecule has 2 heterocycles. The Kier molecular flexibility index (Phi) is 5.48. The number of nitrogens with one attached hydrogen (secondary N) is 1. The fraction of sp³-hybridized carbons (Fsp3) is 0.0769. The van der Waals surface area contributed by atoms with E-state index in [2.05, 4.69) is 38.2 Å². The fourth-order valence-corrected chi connectivity index (χ4v) is 3.90. The molecule has 158 valence electrons. The van der Waals surface area contributed by atoms with Gasteiger partial charge in [0, 0.05) is 22.5 Å². The summed E-state index contributed by atoms with van der Waals surface area (Å²) in [4.78, 5) is 9.23. The lowest BCUT2D eigenvalue weighted by Crippen LogP contribution is -2.01. The van der Waals surface area contributed by atoms with Crippen molar-refractivity contribution in [2.24, 2.45) is 0 Å². The van der Waals surface area contributed by atoms with E-state index in [0.717, 1.165) is 39.3 Å². The van der Waals surface area contributed by atoms with Gasteiger partial charge in [-0.1, -0.05) is 54.1 Å². The van der Waals surface area contributed by atoms with E-state index in [4.69, 9.17) is 16.3 Å². The normalized spacial score (nSPS) is 10.9. The lowest BCUT2D eigenvalue weighted by atomic mass is 10.1. The molecule has 0 unspecified atom stereocenters.